The molecule has 6 nitrogen and oxygen atoms in total. The van der Waals surface area contributed by atoms with Crippen LogP contribution >= 0.6 is 0 Å². The molecular formula is C21H30N4O2. The first kappa shape index (κ1) is 18.3. The first-order valence-corrected chi connectivity index (χ1v) is 10.4. The van der Waals surface area contributed by atoms with Gasteiger partial charge in [0, 0.05) is 24.2 Å². The number of fused-ring (bicyclic) bond motifs is 1. The lowest BCUT2D eigenvalue weighted by Gasteiger charge is -2.34. The molecule has 1 aromatic carbocycles. The monoisotopic (exact) mass is 370 g/mol. The van der Waals surface area contributed by atoms with E-state index in [2.05, 4.69) is 17.2 Å². The highest BCUT2D eigenvalue weighted by atomic mass is 16.2. The van der Waals surface area contributed by atoms with Gasteiger partial charge in [0.1, 0.15) is 0 Å². The van der Waals surface area contributed by atoms with Gasteiger partial charge in [0.2, 0.25) is 0 Å². The zero-order valence-electron chi connectivity index (χ0n) is 16.2. The van der Waals surface area contributed by atoms with E-state index in [1.807, 2.05) is 27.7 Å². The van der Waals surface area contributed by atoms with E-state index in [1.54, 1.807) is 0 Å². The normalized spacial score (nSPS) is 19.0. The third kappa shape index (κ3) is 3.55. The summed E-state index contributed by atoms with van der Waals surface area (Å²) in [5.74, 6) is 0.0834. The fourth-order valence-corrected chi connectivity index (χ4v) is 4.76. The maximum absolute atomic E-state index is 13.2. The van der Waals surface area contributed by atoms with Crippen molar-refractivity contribution in [2.24, 2.45) is 0 Å². The van der Waals surface area contributed by atoms with Crippen LogP contribution in [0.3, 0.4) is 0 Å². The molecule has 0 unspecified atom stereocenters. The Hall–Kier alpha value is -2.08. The summed E-state index contributed by atoms with van der Waals surface area (Å²) in [6, 6.07) is 6.31. The predicted octanol–water partition coefficient (Wildman–Crippen LogP) is 3.05. The minimum absolute atomic E-state index is 0.0507. The number of rotatable bonds is 5. The molecule has 2 aliphatic rings. The number of hydrogen-bond donors (Lipinski definition) is 2. The first-order chi connectivity index (χ1) is 13.2. The van der Waals surface area contributed by atoms with Gasteiger partial charge in [0.25, 0.3) is 5.91 Å². The number of benzene rings is 1. The van der Waals surface area contributed by atoms with Gasteiger partial charge in [-0.05, 0) is 63.4 Å². The Morgan fingerprint density at radius 3 is 2.63 bits per heavy atom. The van der Waals surface area contributed by atoms with E-state index in [9.17, 15) is 9.59 Å². The van der Waals surface area contributed by atoms with E-state index in [4.69, 9.17) is 0 Å². The molecule has 0 bridgehead atoms. The van der Waals surface area contributed by atoms with Crippen molar-refractivity contribution in [2.45, 2.75) is 64.0 Å². The smallest absolute Gasteiger partial charge is 0.326 e. The van der Waals surface area contributed by atoms with Gasteiger partial charge in [0.15, 0.2) is 0 Å². The summed E-state index contributed by atoms with van der Waals surface area (Å²) >= 11 is 0. The predicted molar refractivity (Wildman–Crippen MR) is 107 cm³/mol. The second-order valence-corrected chi connectivity index (χ2v) is 7.95. The summed E-state index contributed by atoms with van der Waals surface area (Å²) < 4.78 is 1.90. The van der Waals surface area contributed by atoms with Gasteiger partial charge in [-0.3, -0.25) is 9.36 Å². The van der Waals surface area contributed by atoms with Crippen LogP contribution in [-0.2, 0) is 0 Å². The van der Waals surface area contributed by atoms with Crippen LogP contribution < -0.4 is 11.0 Å². The molecule has 2 N–H and O–H groups in total. The third-order valence-electron chi connectivity index (χ3n) is 6.13. The number of hydrogen-bond acceptors (Lipinski definition) is 3. The van der Waals surface area contributed by atoms with Gasteiger partial charge in [-0.1, -0.05) is 19.8 Å². The molecule has 1 saturated carbocycles. The topological polar surface area (TPSA) is 70.1 Å². The fraction of sp³-hybridized carbons (Fsp3) is 0.619. The lowest BCUT2D eigenvalue weighted by atomic mass is 10.0. The number of imidazole rings is 1. The Balaban J connectivity index is 1.64. The quantitative estimate of drug-likeness (QED) is 0.850. The number of aromatic nitrogens is 2. The highest BCUT2D eigenvalue weighted by Gasteiger charge is 2.26. The van der Waals surface area contributed by atoms with E-state index in [0.29, 0.717) is 17.6 Å². The lowest BCUT2D eigenvalue weighted by molar-refractivity contribution is 0.0643. The van der Waals surface area contributed by atoms with Crippen molar-refractivity contribution in [3.63, 3.8) is 0 Å². The molecular weight excluding hydrogens is 340 g/mol. The lowest BCUT2D eigenvalue weighted by Crippen LogP contribution is -2.46. The van der Waals surface area contributed by atoms with Gasteiger partial charge in [0.05, 0.1) is 11.0 Å². The molecule has 2 heterocycles. The van der Waals surface area contributed by atoms with Crippen LogP contribution in [0, 0.1) is 0 Å². The summed E-state index contributed by atoms with van der Waals surface area (Å²) in [5.41, 5.74) is 2.33. The van der Waals surface area contributed by atoms with Crippen LogP contribution in [-0.4, -0.2) is 46.0 Å². The Bertz CT molecular complexity index is 857. The summed E-state index contributed by atoms with van der Waals surface area (Å²) in [6.07, 6.45) is 7.45. The molecule has 0 spiro atoms. The maximum Gasteiger partial charge on any atom is 0.326 e. The van der Waals surface area contributed by atoms with Crippen molar-refractivity contribution in [3.8, 4) is 0 Å². The zero-order chi connectivity index (χ0) is 18.8. The minimum Gasteiger partial charge on any atom is -0.336 e. The Morgan fingerprint density at radius 2 is 1.93 bits per heavy atom. The van der Waals surface area contributed by atoms with Crippen LogP contribution in [0.15, 0.2) is 23.0 Å². The number of carbonyl (C=O) groups is 1. The van der Waals surface area contributed by atoms with Crippen molar-refractivity contribution < 1.29 is 4.79 Å². The highest BCUT2D eigenvalue weighted by Crippen LogP contribution is 2.31. The Kier molecular flexibility index (Phi) is 5.34. The SMILES string of the molecule is CCCN(C(=O)c1ccc2c(c1)[nH]c(=O)n2C1CCCC1)C1CCNCC1. The summed E-state index contributed by atoms with van der Waals surface area (Å²) in [6.45, 7) is 4.83. The summed E-state index contributed by atoms with van der Waals surface area (Å²) in [7, 11) is 0. The summed E-state index contributed by atoms with van der Waals surface area (Å²) in [5, 5.41) is 3.37. The van der Waals surface area contributed by atoms with E-state index >= 15 is 0 Å². The number of nitrogens with zero attached hydrogens (tertiary/aromatic N) is 2. The molecule has 27 heavy (non-hydrogen) atoms. The van der Waals surface area contributed by atoms with Crippen molar-refractivity contribution in [1.29, 1.82) is 0 Å². The zero-order valence-corrected chi connectivity index (χ0v) is 16.2. The third-order valence-corrected chi connectivity index (χ3v) is 6.13. The molecule has 1 amide bonds. The Morgan fingerprint density at radius 1 is 1.19 bits per heavy atom. The van der Waals surface area contributed by atoms with Crippen molar-refractivity contribution >= 4 is 16.9 Å². The number of amides is 1. The molecule has 4 rings (SSSR count). The standard InChI is InChI=1S/C21H30N4O2/c1-2-13-24(16-9-11-22-12-10-16)20(26)15-7-8-19-18(14-15)23-21(27)25(19)17-5-3-4-6-17/h7-8,14,16-17,22H,2-6,9-13H2,1H3,(H,23,27). The van der Waals surface area contributed by atoms with E-state index in [-0.39, 0.29) is 11.6 Å². The van der Waals surface area contributed by atoms with Crippen molar-refractivity contribution in [3.05, 3.63) is 34.2 Å². The van der Waals surface area contributed by atoms with Crippen molar-refractivity contribution in [2.75, 3.05) is 19.6 Å². The van der Waals surface area contributed by atoms with Gasteiger partial charge in [-0.15, -0.1) is 0 Å². The number of aromatic amines is 1. The Labute approximate surface area is 159 Å². The molecule has 2 fully saturated rings. The van der Waals surface area contributed by atoms with Gasteiger partial charge < -0.3 is 15.2 Å². The number of piperidine rings is 1. The average Bonchev–Trinajstić information content (AvgIpc) is 3.32. The number of nitrogens with one attached hydrogen (secondary N) is 2. The van der Waals surface area contributed by atoms with E-state index in [1.165, 1.54) is 12.8 Å². The molecule has 1 saturated heterocycles. The fourth-order valence-electron chi connectivity index (χ4n) is 4.76. The maximum atomic E-state index is 13.2. The van der Waals surface area contributed by atoms with Crippen molar-refractivity contribution in [1.82, 2.24) is 19.8 Å². The summed E-state index contributed by atoms with van der Waals surface area (Å²) in [4.78, 5) is 30.7. The number of H-pyrrole nitrogens is 1. The van der Waals surface area contributed by atoms with E-state index in [0.717, 1.165) is 62.8 Å². The van der Waals surface area contributed by atoms with E-state index < -0.39 is 0 Å². The van der Waals surface area contributed by atoms with Crippen LogP contribution in [0.25, 0.3) is 11.0 Å². The molecule has 0 radical (unpaired) electrons. The van der Waals surface area contributed by atoms with Crippen LogP contribution in [0.5, 0.6) is 0 Å². The van der Waals surface area contributed by atoms with Crippen LogP contribution in [0.4, 0.5) is 0 Å². The molecule has 1 aliphatic carbocycles. The van der Waals surface area contributed by atoms with Gasteiger partial charge in [-0.2, -0.15) is 0 Å². The molecule has 6 heteroatoms. The second kappa shape index (κ2) is 7.89. The van der Waals surface area contributed by atoms with Gasteiger partial charge >= 0.3 is 5.69 Å². The van der Waals surface area contributed by atoms with Crippen LogP contribution in [0.2, 0.25) is 0 Å². The molecule has 2 aromatic rings. The second-order valence-electron chi connectivity index (χ2n) is 7.95. The van der Waals surface area contributed by atoms with Crippen LogP contribution in [0.1, 0.15) is 68.3 Å². The molecule has 146 valence electrons. The highest BCUT2D eigenvalue weighted by molar-refractivity contribution is 5.97. The largest absolute Gasteiger partial charge is 0.336 e. The molecule has 1 aliphatic heterocycles. The molecule has 1 aromatic heterocycles. The van der Waals surface area contributed by atoms with Gasteiger partial charge in [-0.25, -0.2) is 4.79 Å². The first-order valence-electron chi connectivity index (χ1n) is 10.4. The molecule has 0 atom stereocenters. The minimum atomic E-state index is -0.0507. The average molecular weight is 370 g/mol. The number of carbonyl (C=O) groups excluding carboxylic acids is 1.